The highest BCUT2D eigenvalue weighted by atomic mass is 16.4. The summed E-state index contributed by atoms with van der Waals surface area (Å²) in [5.41, 5.74) is 6.72. The van der Waals surface area contributed by atoms with Gasteiger partial charge >= 0.3 is 5.97 Å². The molecule has 4 N–H and O–H groups in total. The smallest absolute Gasteiger partial charge is 0.307 e. The highest BCUT2D eigenvalue weighted by molar-refractivity contribution is 5.71. The number of aliphatic hydroxyl groups excluding tert-OH is 1. The average molecular weight is 335 g/mol. The van der Waals surface area contributed by atoms with E-state index in [9.17, 15) is 15.0 Å². The van der Waals surface area contributed by atoms with E-state index in [0.717, 1.165) is 44.9 Å². The van der Waals surface area contributed by atoms with E-state index in [4.69, 9.17) is 5.73 Å². The average Bonchev–Trinajstić information content (AvgIpc) is 2.86. The van der Waals surface area contributed by atoms with Crippen molar-refractivity contribution in [3.8, 4) is 0 Å². The summed E-state index contributed by atoms with van der Waals surface area (Å²) in [5.74, 6) is 1.60. The maximum atomic E-state index is 11.8. The monoisotopic (exact) mass is 335 g/mol. The first kappa shape index (κ1) is 16.8. The van der Waals surface area contributed by atoms with Gasteiger partial charge in [0.1, 0.15) is 0 Å². The molecule has 4 rings (SSSR count). The number of hydrogen-bond acceptors (Lipinski definition) is 3. The number of fused-ring (bicyclic) bond motifs is 5. The van der Waals surface area contributed by atoms with Gasteiger partial charge in [0.25, 0.3) is 0 Å². The van der Waals surface area contributed by atoms with Crippen LogP contribution in [0.4, 0.5) is 0 Å². The molecule has 0 aromatic heterocycles. The second-order valence-corrected chi connectivity index (χ2v) is 9.76. The standard InChI is InChI=1S/C20H33NO3/c1-19-8-7-15-13(14(19)5-6-16(19)18(23)24)4-3-11-9-12(22)10-17(21)20(11,15)2/h11-17,22H,3-10,21H2,1-2H3,(H,23,24)/t11?,12?,13-,14-,15-,16?,17?,19-,20-/m0/s1. The number of carbonyl (C=O) groups is 1. The van der Waals surface area contributed by atoms with Crippen molar-refractivity contribution in [2.24, 2.45) is 46.2 Å². The molecule has 4 aliphatic carbocycles. The summed E-state index contributed by atoms with van der Waals surface area (Å²) < 4.78 is 0. The number of rotatable bonds is 1. The first-order valence-electron chi connectivity index (χ1n) is 9.95. The van der Waals surface area contributed by atoms with Crippen molar-refractivity contribution in [2.75, 3.05) is 0 Å². The highest BCUT2D eigenvalue weighted by Gasteiger charge is 2.62. The third-order valence-corrected chi connectivity index (χ3v) is 9.14. The van der Waals surface area contributed by atoms with E-state index in [1.54, 1.807) is 0 Å². The molecular weight excluding hydrogens is 302 g/mol. The van der Waals surface area contributed by atoms with Gasteiger partial charge in [-0.05, 0) is 85.9 Å². The predicted molar refractivity (Wildman–Crippen MR) is 92.2 cm³/mol. The lowest BCUT2D eigenvalue weighted by Crippen LogP contribution is -2.61. The number of carboxylic acid groups (broad SMARTS) is 1. The molecule has 0 spiro atoms. The summed E-state index contributed by atoms with van der Waals surface area (Å²) in [4.78, 5) is 11.8. The van der Waals surface area contributed by atoms with Crippen LogP contribution in [-0.2, 0) is 4.79 Å². The van der Waals surface area contributed by atoms with Crippen LogP contribution in [0.15, 0.2) is 0 Å². The normalized spacial score (nSPS) is 56.9. The molecule has 0 heterocycles. The summed E-state index contributed by atoms with van der Waals surface area (Å²) in [7, 11) is 0. The van der Waals surface area contributed by atoms with Crippen molar-refractivity contribution in [1.29, 1.82) is 0 Å². The molecule has 4 fully saturated rings. The zero-order valence-corrected chi connectivity index (χ0v) is 15.1. The van der Waals surface area contributed by atoms with Gasteiger partial charge in [0, 0.05) is 6.04 Å². The van der Waals surface area contributed by atoms with Crippen LogP contribution in [-0.4, -0.2) is 28.3 Å². The van der Waals surface area contributed by atoms with Crippen molar-refractivity contribution >= 4 is 5.97 Å². The molecule has 0 aromatic rings. The first-order valence-corrected chi connectivity index (χ1v) is 9.95. The van der Waals surface area contributed by atoms with Crippen LogP contribution in [0.1, 0.15) is 65.2 Å². The largest absolute Gasteiger partial charge is 0.481 e. The van der Waals surface area contributed by atoms with Gasteiger partial charge < -0.3 is 15.9 Å². The first-order chi connectivity index (χ1) is 11.3. The fraction of sp³-hybridized carbons (Fsp3) is 0.950. The number of carboxylic acids is 1. The molecule has 0 aromatic carbocycles. The Morgan fingerprint density at radius 3 is 2.50 bits per heavy atom. The van der Waals surface area contributed by atoms with Crippen LogP contribution in [0.25, 0.3) is 0 Å². The Morgan fingerprint density at radius 2 is 1.79 bits per heavy atom. The van der Waals surface area contributed by atoms with Gasteiger partial charge in [0.05, 0.1) is 12.0 Å². The van der Waals surface area contributed by atoms with Crippen LogP contribution in [0.3, 0.4) is 0 Å². The van der Waals surface area contributed by atoms with Crippen molar-refractivity contribution in [2.45, 2.75) is 77.4 Å². The Bertz CT molecular complexity index is 537. The SMILES string of the molecule is C[C@]12C(N)CC(O)CC1CC[C@@H]1[C@@H]2CC[C@]2(C)C(C(=O)O)CC[C@@H]12. The maximum absolute atomic E-state index is 11.8. The van der Waals surface area contributed by atoms with E-state index < -0.39 is 5.97 Å². The minimum Gasteiger partial charge on any atom is -0.481 e. The highest BCUT2D eigenvalue weighted by Crippen LogP contribution is 2.67. The molecule has 0 amide bonds. The minimum absolute atomic E-state index is 0.0194. The number of aliphatic hydroxyl groups is 1. The molecule has 0 bridgehead atoms. The molecule has 136 valence electrons. The zero-order chi connectivity index (χ0) is 17.3. The van der Waals surface area contributed by atoms with Crippen molar-refractivity contribution in [3.63, 3.8) is 0 Å². The van der Waals surface area contributed by atoms with E-state index in [-0.39, 0.29) is 28.9 Å². The van der Waals surface area contributed by atoms with Crippen molar-refractivity contribution in [3.05, 3.63) is 0 Å². The molecule has 4 nitrogen and oxygen atoms in total. The van der Waals surface area contributed by atoms with E-state index >= 15 is 0 Å². The van der Waals surface area contributed by atoms with Crippen molar-refractivity contribution in [1.82, 2.24) is 0 Å². The maximum Gasteiger partial charge on any atom is 0.307 e. The van der Waals surface area contributed by atoms with Gasteiger partial charge in [-0.3, -0.25) is 4.79 Å². The quantitative estimate of drug-likeness (QED) is 0.688. The summed E-state index contributed by atoms with van der Waals surface area (Å²) in [6.07, 6.45) is 7.86. The zero-order valence-electron chi connectivity index (χ0n) is 15.1. The van der Waals surface area contributed by atoms with E-state index in [1.165, 1.54) is 6.42 Å². The van der Waals surface area contributed by atoms with Gasteiger partial charge in [-0.1, -0.05) is 13.8 Å². The Labute approximate surface area is 145 Å². The molecular formula is C20H33NO3. The third-order valence-electron chi connectivity index (χ3n) is 9.14. The number of aliphatic carboxylic acids is 1. The summed E-state index contributed by atoms with van der Waals surface area (Å²) in [6.45, 7) is 4.63. The molecule has 4 heteroatoms. The van der Waals surface area contributed by atoms with Gasteiger partial charge in [0.2, 0.25) is 0 Å². The second kappa shape index (κ2) is 5.44. The number of hydrogen-bond donors (Lipinski definition) is 3. The van der Waals surface area contributed by atoms with Crippen LogP contribution >= 0.6 is 0 Å². The summed E-state index contributed by atoms with van der Waals surface area (Å²) in [6, 6.07) is 0.0834. The lowest BCUT2D eigenvalue weighted by Gasteiger charge is -2.62. The van der Waals surface area contributed by atoms with Crippen LogP contribution < -0.4 is 5.73 Å². The van der Waals surface area contributed by atoms with Crippen LogP contribution in [0.5, 0.6) is 0 Å². The Hall–Kier alpha value is -0.610. The van der Waals surface area contributed by atoms with E-state index in [2.05, 4.69) is 13.8 Å². The molecule has 4 saturated carbocycles. The van der Waals surface area contributed by atoms with Gasteiger partial charge in [-0.15, -0.1) is 0 Å². The van der Waals surface area contributed by atoms with Gasteiger partial charge in [-0.25, -0.2) is 0 Å². The fourth-order valence-electron chi connectivity index (χ4n) is 7.80. The van der Waals surface area contributed by atoms with E-state index in [0.29, 0.717) is 23.7 Å². The Morgan fingerprint density at radius 1 is 1.04 bits per heavy atom. The molecule has 0 aliphatic heterocycles. The molecule has 4 aliphatic rings. The van der Waals surface area contributed by atoms with Crippen LogP contribution in [0, 0.1) is 40.4 Å². The Balaban J connectivity index is 1.65. The van der Waals surface area contributed by atoms with Gasteiger partial charge in [-0.2, -0.15) is 0 Å². The van der Waals surface area contributed by atoms with Crippen molar-refractivity contribution < 1.29 is 15.0 Å². The lowest BCUT2D eigenvalue weighted by molar-refractivity contribution is -0.156. The third kappa shape index (κ3) is 2.08. The number of nitrogens with two attached hydrogens (primary N) is 1. The summed E-state index contributed by atoms with van der Waals surface area (Å²) in [5, 5.41) is 19.8. The Kier molecular flexibility index (Phi) is 3.82. The summed E-state index contributed by atoms with van der Waals surface area (Å²) >= 11 is 0. The van der Waals surface area contributed by atoms with E-state index in [1.807, 2.05) is 0 Å². The lowest BCUT2D eigenvalue weighted by atomic mass is 9.43. The van der Waals surface area contributed by atoms with Crippen LogP contribution in [0.2, 0.25) is 0 Å². The molecule has 24 heavy (non-hydrogen) atoms. The molecule has 9 atom stereocenters. The fourth-order valence-corrected chi connectivity index (χ4v) is 7.80. The predicted octanol–water partition coefficient (Wildman–Crippen LogP) is 3.03. The topological polar surface area (TPSA) is 83.5 Å². The van der Waals surface area contributed by atoms with Gasteiger partial charge in [0.15, 0.2) is 0 Å². The molecule has 4 unspecified atom stereocenters. The molecule has 0 radical (unpaired) electrons. The molecule has 0 saturated heterocycles. The second-order valence-electron chi connectivity index (χ2n) is 9.76. The minimum atomic E-state index is -0.587.